The minimum Gasteiger partial charge on any atom is -0.488 e. The van der Waals surface area contributed by atoms with Gasteiger partial charge in [-0.15, -0.1) is 0 Å². The number of benzene rings is 1. The van der Waals surface area contributed by atoms with Gasteiger partial charge in [0.05, 0.1) is 6.61 Å². The molecule has 0 aromatic heterocycles. The fraction of sp³-hybridized carbons (Fsp3) is 0.647. The van der Waals surface area contributed by atoms with Gasteiger partial charge in [-0.25, -0.2) is 0 Å². The molecule has 0 amide bonds. The van der Waals surface area contributed by atoms with E-state index in [2.05, 4.69) is 30.0 Å². The maximum absolute atomic E-state index is 6.03. The Balaban J connectivity index is 1.64. The molecular formula is C17H26N2O2. The quantitative estimate of drug-likeness (QED) is 0.929. The Morgan fingerprint density at radius 2 is 2.05 bits per heavy atom. The molecule has 116 valence electrons. The minimum atomic E-state index is 0.206. The van der Waals surface area contributed by atoms with Gasteiger partial charge < -0.3 is 20.1 Å². The van der Waals surface area contributed by atoms with E-state index >= 15 is 0 Å². The number of ether oxygens (including phenoxy) is 2. The lowest BCUT2D eigenvalue weighted by atomic mass is 10.0. The summed E-state index contributed by atoms with van der Waals surface area (Å²) in [5.74, 6) is 0.959. The van der Waals surface area contributed by atoms with E-state index in [1.165, 1.54) is 11.3 Å². The van der Waals surface area contributed by atoms with Gasteiger partial charge >= 0.3 is 0 Å². The van der Waals surface area contributed by atoms with E-state index in [0.29, 0.717) is 12.6 Å². The van der Waals surface area contributed by atoms with Gasteiger partial charge in [0, 0.05) is 31.4 Å². The third-order valence-corrected chi connectivity index (χ3v) is 4.47. The lowest BCUT2D eigenvalue weighted by Gasteiger charge is -2.33. The van der Waals surface area contributed by atoms with Crippen LogP contribution in [0.25, 0.3) is 0 Å². The van der Waals surface area contributed by atoms with Crippen LogP contribution in [0.1, 0.15) is 31.2 Å². The monoisotopic (exact) mass is 290 g/mol. The first-order chi connectivity index (χ1) is 10.2. The van der Waals surface area contributed by atoms with Crippen LogP contribution < -0.4 is 15.4 Å². The summed E-state index contributed by atoms with van der Waals surface area (Å²) in [5.41, 5.74) is 8.57. The summed E-state index contributed by atoms with van der Waals surface area (Å²) >= 11 is 0. The largest absolute Gasteiger partial charge is 0.488 e. The van der Waals surface area contributed by atoms with Crippen LogP contribution in [-0.2, 0) is 4.74 Å². The van der Waals surface area contributed by atoms with Crippen LogP contribution in [0.2, 0.25) is 0 Å². The summed E-state index contributed by atoms with van der Waals surface area (Å²) in [4.78, 5) is 2.44. The number of hydrogen-bond donors (Lipinski definition) is 1. The van der Waals surface area contributed by atoms with Crippen LogP contribution in [0, 0.1) is 6.92 Å². The van der Waals surface area contributed by atoms with Gasteiger partial charge in [0.25, 0.3) is 0 Å². The highest BCUT2D eigenvalue weighted by Gasteiger charge is 2.19. The summed E-state index contributed by atoms with van der Waals surface area (Å²) in [6, 6.07) is 6.80. The Morgan fingerprint density at radius 3 is 2.71 bits per heavy atom. The zero-order valence-electron chi connectivity index (χ0n) is 12.9. The summed E-state index contributed by atoms with van der Waals surface area (Å²) in [6.07, 6.45) is 4.55. The van der Waals surface area contributed by atoms with Crippen LogP contribution in [0.15, 0.2) is 18.2 Å². The molecule has 2 aliphatic heterocycles. The molecule has 1 atom stereocenters. The molecule has 4 nitrogen and oxygen atoms in total. The van der Waals surface area contributed by atoms with Gasteiger partial charge in [0.2, 0.25) is 0 Å². The molecule has 1 aromatic carbocycles. The van der Waals surface area contributed by atoms with E-state index in [1.807, 2.05) is 0 Å². The molecule has 2 N–H and O–H groups in total. The van der Waals surface area contributed by atoms with Crippen molar-refractivity contribution in [2.24, 2.45) is 5.73 Å². The van der Waals surface area contributed by atoms with Crippen molar-refractivity contribution < 1.29 is 9.47 Å². The standard InChI is InChI=1S/C17H26N2O2/c1-13-11-15(21-16-3-2-10-20-12-16)4-5-17(13)19-8-6-14(18)7-9-19/h4-5,11,14,16H,2-3,6-10,12,18H2,1H3. The van der Waals surface area contributed by atoms with Crippen molar-refractivity contribution in [3.63, 3.8) is 0 Å². The Hall–Kier alpha value is -1.26. The summed E-state index contributed by atoms with van der Waals surface area (Å²) < 4.78 is 11.5. The fourth-order valence-corrected chi connectivity index (χ4v) is 3.19. The highest BCUT2D eigenvalue weighted by molar-refractivity contribution is 5.56. The van der Waals surface area contributed by atoms with Crippen molar-refractivity contribution in [3.8, 4) is 5.75 Å². The normalized spacial score (nSPS) is 24.1. The molecule has 0 radical (unpaired) electrons. The van der Waals surface area contributed by atoms with Crippen LogP contribution in [0.5, 0.6) is 5.75 Å². The second-order valence-corrected chi connectivity index (χ2v) is 6.23. The molecule has 2 heterocycles. The molecule has 1 unspecified atom stereocenters. The lowest BCUT2D eigenvalue weighted by molar-refractivity contribution is 0.00741. The van der Waals surface area contributed by atoms with Gasteiger partial charge in [-0.2, -0.15) is 0 Å². The lowest BCUT2D eigenvalue weighted by Crippen LogP contribution is -2.39. The van der Waals surface area contributed by atoms with Crippen LogP contribution in [0.3, 0.4) is 0 Å². The third-order valence-electron chi connectivity index (χ3n) is 4.47. The molecule has 0 saturated carbocycles. The number of rotatable bonds is 3. The average molecular weight is 290 g/mol. The van der Waals surface area contributed by atoms with Crippen molar-refractivity contribution in [2.75, 3.05) is 31.2 Å². The van der Waals surface area contributed by atoms with Gasteiger partial charge in [-0.1, -0.05) is 0 Å². The molecule has 4 heteroatoms. The average Bonchev–Trinajstić information content (AvgIpc) is 2.50. The second kappa shape index (κ2) is 6.67. The molecule has 1 aromatic rings. The fourth-order valence-electron chi connectivity index (χ4n) is 3.19. The van der Waals surface area contributed by atoms with Crippen LogP contribution in [0.4, 0.5) is 5.69 Å². The first kappa shape index (κ1) is 14.7. The molecule has 0 bridgehead atoms. The molecule has 0 aliphatic carbocycles. The number of hydrogen-bond acceptors (Lipinski definition) is 4. The molecule has 21 heavy (non-hydrogen) atoms. The Morgan fingerprint density at radius 1 is 1.24 bits per heavy atom. The smallest absolute Gasteiger partial charge is 0.122 e. The van der Waals surface area contributed by atoms with E-state index in [0.717, 1.165) is 51.1 Å². The van der Waals surface area contributed by atoms with E-state index in [4.69, 9.17) is 15.2 Å². The van der Waals surface area contributed by atoms with Gasteiger partial charge in [-0.05, 0) is 56.4 Å². The third kappa shape index (κ3) is 3.69. The predicted octanol–water partition coefficient (Wildman–Crippen LogP) is 2.48. The zero-order valence-corrected chi connectivity index (χ0v) is 12.9. The SMILES string of the molecule is Cc1cc(OC2CCCOC2)ccc1N1CCC(N)CC1. The first-order valence-electron chi connectivity index (χ1n) is 8.08. The van der Waals surface area contributed by atoms with Gasteiger partial charge in [0.1, 0.15) is 11.9 Å². The van der Waals surface area contributed by atoms with Crippen molar-refractivity contribution in [1.82, 2.24) is 0 Å². The number of nitrogens with two attached hydrogens (primary N) is 1. The summed E-state index contributed by atoms with van der Waals surface area (Å²) in [6.45, 7) is 5.85. The van der Waals surface area contributed by atoms with Crippen molar-refractivity contribution in [1.29, 1.82) is 0 Å². The van der Waals surface area contributed by atoms with Crippen molar-refractivity contribution >= 4 is 5.69 Å². The molecule has 2 aliphatic rings. The maximum atomic E-state index is 6.03. The minimum absolute atomic E-state index is 0.206. The maximum Gasteiger partial charge on any atom is 0.122 e. The molecular weight excluding hydrogens is 264 g/mol. The molecule has 0 spiro atoms. The Bertz CT molecular complexity index is 464. The number of aryl methyl sites for hydroxylation is 1. The Labute approximate surface area is 127 Å². The first-order valence-corrected chi connectivity index (χ1v) is 8.08. The summed E-state index contributed by atoms with van der Waals surface area (Å²) in [7, 11) is 0. The Kier molecular flexibility index (Phi) is 4.66. The zero-order chi connectivity index (χ0) is 14.7. The van der Waals surface area contributed by atoms with Gasteiger partial charge in [-0.3, -0.25) is 0 Å². The second-order valence-electron chi connectivity index (χ2n) is 6.23. The summed E-state index contributed by atoms with van der Waals surface area (Å²) in [5, 5.41) is 0. The van der Waals surface area contributed by atoms with Crippen molar-refractivity contribution in [2.45, 2.75) is 44.8 Å². The van der Waals surface area contributed by atoms with Gasteiger partial charge in [0.15, 0.2) is 0 Å². The highest BCUT2D eigenvalue weighted by atomic mass is 16.5. The molecule has 2 fully saturated rings. The van der Waals surface area contributed by atoms with E-state index in [1.54, 1.807) is 0 Å². The number of piperidine rings is 1. The highest BCUT2D eigenvalue weighted by Crippen LogP contribution is 2.28. The van der Waals surface area contributed by atoms with E-state index < -0.39 is 0 Å². The topological polar surface area (TPSA) is 47.7 Å². The molecule has 2 saturated heterocycles. The van der Waals surface area contributed by atoms with E-state index in [9.17, 15) is 0 Å². The van der Waals surface area contributed by atoms with Crippen molar-refractivity contribution in [3.05, 3.63) is 23.8 Å². The van der Waals surface area contributed by atoms with Crippen LogP contribution in [-0.4, -0.2) is 38.4 Å². The predicted molar refractivity (Wildman–Crippen MR) is 85.1 cm³/mol. The number of anilines is 1. The number of nitrogens with zero attached hydrogens (tertiary/aromatic N) is 1. The van der Waals surface area contributed by atoms with Crippen LogP contribution >= 0.6 is 0 Å². The van der Waals surface area contributed by atoms with E-state index in [-0.39, 0.29) is 6.10 Å². The molecule has 3 rings (SSSR count).